The standard InChI is InChI=1S/C19H25N3O3S/c1-5-26(24,25)22-17-9-7-16(8-10-17)20-15(4)19(23)21-18-11-6-13(2)12-14(18)3/h6-12,15,20,22H,5H2,1-4H3,(H,21,23)/t15-/m1/s1. The van der Waals surface area contributed by atoms with Crippen molar-refractivity contribution in [2.24, 2.45) is 0 Å². The van der Waals surface area contributed by atoms with E-state index in [1.165, 1.54) is 0 Å². The third-order valence-electron chi connectivity index (χ3n) is 3.95. The molecule has 0 heterocycles. The van der Waals surface area contributed by atoms with Crippen LogP contribution >= 0.6 is 0 Å². The molecule has 0 saturated carbocycles. The largest absolute Gasteiger partial charge is 0.374 e. The average molecular weight is 375 g/mol. The summed E-state index contributed by atoms with van der Waals surface area (Å²) in [5, 5.41) is 6.02. The van der Waals surface area contributed by atoms with Gasteiger partial charge >= 0.3 is 0 Å². The lowest BCUT2D eigenvalue weighted by molar-refractivity contribution is -0.116. The number of rotatable bonds is 7. The van der Waals surface area contributed by atoms with Crippen molar-refractivity contribution in [1.29, 1.82) is 0 Å². The Labute approximate surface area is 155 Å². The predicted octanol–water partition coefficient (Wildman–Crippen LogP) is 3.50. The van der Waals surface area contributed by atoms with Crippen LogP contribution in [0.2, 0.25) is 0 Å². The first-order valence-electron chi connectivity index (χ1n) is 8.45. The van der Waals surface area contributed by atoms with Gasteiger partial charge in [0, 0.05) is 17.1 Å². The maximum absolute atomic E-state index is 12.4. The van der Waals surface area contributed by atoms with Crippen LogP contribution in [0.15, 0.2) is 42.5 Å². The summed E-state index contributed by atoms with van der Waals surface area (Å²) in [6.45, 7) is 7.31. The van der Waals surface area contributed by atoms with Crippen LogP contribution in [0.25, 0.3) is 0 Å². The molecule has 1 atom stereocenters. The van der Waals surface area contributed by atoms with E-state index >= 15 is 0 Å². The molecule has 7 heteroatoms. The van der Waals surface area contributed by atoms with Crippen LogP contribution in [-0.4, -0.2) is 26.1 Å². The molecule has 26 heavy (non-hydrogen) atoms. The molecular formula is C19H25N3O3S. The zero-order valence-electron chi connectivity index (χ0n) is 15.5. The summed E-state index contributed by atoms with van der Waals surface area (Å²) < 4.78 is 25.6. The molecule has 3 N–H and O–H groups in total. The zero-order valence-corrected chi connectivity index (χ0v) is 16.3. The Hall–Kier alpha value is -2.54. The van der Waals surface area contributed by atoms with Gasteiger partial charge in [-0.3, -0.25) is 9.52 Å². The molecule has 140 valence electrons. The van der Waals surface area contributed by atoms with Gasteiger partial charge < -0.3 is 10.6 Å². The van der Waals surface area contributed by atoms with E-state index in [-0.39, 0.29) is 11.7 Å². The van der Waals surface area contributed by atoms with Crippen LogP contribution in [0.3, 0.4) is 0 Å². The summed E-state index contributed by atoms with van der Waals surface area (Å²) in [6.07, 6.45) is 0. The lowest BCUT2D eigenvalue weighted by Gasteiger charge is -2.17. The first-order chi connectivity index (χ1) is 12.2. The molecule has 0 aliphatic carbocycles. The molecular weight excluding hydrogens is 350 g/mol. The van der Waals surface area contributed by atoms with Crippen molar-refractivity contribution >= 4 is 33.0 Å². The Morgan fingerprint density at radius 3 is 2.23 bits per heavy atom. The van der Waals surface area contributed by atoms with E-state index in [1.54, 1.807) is 38.1 Å². The number of carbonyl (C=O) groups excluding carboxylic acids is 1. The molecule has 0 aliphatic rings. The van der Waals surface area contributed by atoms with Crippen molar-refractivity contribution in [2.75, 3.05) is 21.1 Å². The second-order valence-corrected chi connectivity index (χ2v) is 8.27. The first-order valence-corrected chi connectivity index (χ1v) is 10.1. The van der Waals surface area contributed by atoms with E-state index < -0.39 is 16.1 Å². The lowest BCUT2D eigenvalue weighted by Crippen LogP contribution is -2.32. The minimum atomic E-state index is -3.30. The van der Waals surface area contributed by atoms with E-state index in [4.69, 9.17) is 0 Å². The number of carbonyl (C=O) groups is 1. The highest BCUT2D eigenvalue weighted by atomic mass is 32.2. The summed E-state index contributed by atoms with van der Waals surface area (Å²) in [5.41, 5.74) is 4.17. The van der Waals surface area contributed by atoms with Crippen molar-refractivity contribution in [3.05, 3.63) is 53.6 Å². The number of hydrogen-bond acceptors (Lipinski definition) is 4. The van der Waals surface area contributed by atoms with Crippen LogP contribution in [-0.2, 0) is 14.8 Å². The number of anilines is 3. The van der Waals surface area contributed by atoms with Crippen molar-refractivity contribution in [3.8, 4) is 0 Å². The van der Waals surface area contributed by atoms with Gasteiger partial charge in [0.15, 0.2) is 0 Å². The molecule has 0 bridgehead atoms. The number of sulfonamides is 1. The Bertz CT molecular complexity index is 877. The minimum Gasteiger partial charge on any atom is -0.374 e. The fraction of sp³-hybridized carbons (Fsp3) is 0.316. The van der Waals surface area contributed by atoms with Gasteiger partial charge in [0.05, 0.1) is 5.75 Å². The Balaban J connectivity index is 1.98. The maximum atomic E-state index is 12.4. The second kappa shape index (κ2) is 8.23. The highest BCUT2D eigenvalue weighted by molar-refractivity contribution is 7.92. The van der Waals surface area contributed by atoms with E-state index in [9.17, 15) is 13.2 Å². The first kappa shape index (κ1) is 19.8. The van der Waals surface area contributed by atoms with Crippen LogP contribution in [0.5, 0.6) is 0 Å². The molecule has 6 nitrogen and oxygen atoms in total. The molecule has 0 fully saturated rings. The van der Waals surface area contributed by atoms with E-state index in [1.807, 2.05) is 32.0 Å². The maximum Gasteiger partial charge on any atom is 0.246 e. The van der Waals surface area contributed by atoms with Gasteiger partial charge in [-0.25, -0.2) is 8.42 Å². The third-order valence-corrected chi connectivity index (χ3v) is 5.26. The van der Waals surface area contributed by atoms with Gasteiger partial charge in [0.25, 0.3) is 0 Å². The third kappa shape index (κ3) is 5.49. The normalized spacial score (nSPS) is 12.3. The number of nitrogens with one attached hydrogen (secondary N) is 3. The fourth-order valence-corrected chi connectivity index (χ4v) is 3.04. The molecule has 0 aromatic heterocycles. The molecule has 1 amide bonds. The summed E-state index contributed by atoms with van der Waals surface area (Å²) in [4.78, 5) is 12.4. The van der Waals surface area contributed by atoms with Crippen molar-refractivity contribution in [1.82, 2.24) is 0 Å². The van der Waals surface area contributed by atoms with E-state index in [0.717, 1.165) is 22.5 Å². The van der Waals surface area contributed by atoms with Crippen molar-refractivity contribution < 1.29 is 13.2 Å². The highest BCUT2D eigenvalue weighted by Gasteiger charge is 2.14. The number of benzene rings is 2. The summed E-state index contributed by atoms with van der Waals surface area (Å²) in [5.74, 6) is -0.129. The van der Waals surface area contributed by atoms with Crippen LogP contribution < -0.4 is 15.4 Å². The lowest BCUT2D eigenvalue weighted by atomic mass is 10.1. The minimum absolute atomic E-state index is 0.0165. The van der Waals surface area contributed by atoms with E-state index in [0.29, 0.717) is 5.69 Å². The number of aryl methyl sites for hydroxylation is 2. The summed E-state index contributed by atoms with van der Waals surface area (Å²) in [6, 6.07) is 12.2. The monoisotopic (exact) mass is 375 g/mol. The zero-order chi connectivity index (χ0) is 19.3. The Morgan fingerprint density at radius 1 is 1.04 bits per heavy atom. The molecule has 2 aromatic carbocycles. The molecule has 0 saturated heterocycles. The second-order valence-electron chi connectivity index (χ2n) is 6.26. The van der Waals surface area contributed by atoms with Gasteiger partial charge in [-0.1, -0.05) is 17.7 Å². The highest BCUT2D eigenvalue weighted by Crippen LogP contribution is 2.18. The van der Waals surface area contributed by atoms with Gasteiger partial charge in [-0.15, -0.1) is 0 Å². The topological polar surface area (TPSA) is 87.3 Å². The van der Waals surface area contributed by atoms with Crippen LogP contribution in [0.1, 0.15) is 25.0 Å². The fourth-order valence-electron chi connectivity index (χ4n) is 2.40. The quantitative estimate of drug-likeness (QED) is 0.691. The van der Waals surface area contributed by atoms with Gasteiger partial charge in [0.2, 0.25) is 15.9 Å². The summed E-state index contributed by atoms with van der Waals surface area (Å²) in [7, 11) is -3.30. The Morgan fingerprint density at radius 2 is 1.65 bits per heavy atom. The molecule has 0 aliphatic heterocycles. The Kier molecular flexibility index (Phi) is 6.26. The SMILES string of the molecule is CCS(=O)(=O)Nc1ccc(N[C@H](C)C(=O)Nc2ccc(C)cc2C)cc1. The number of amides is 1. The van der Waals surface area contributed by atoms with E-state index in [2.05, 4.69) is 15.4 Å². The van der Waals surface area contributed by atoms with Crippen molar-refractivity contribution in [3.63, 3.8) is 0 Å². The van der Waals surface area contributed by atoms with Gasteiger partial charge in [0.1, 0.15) is 6.04 Å². The molecule has 0 unspecified atom stereocenters. The number of hydrogen-bond donors (Lipinski definition) is 3. The smallest absolute Gasteiger partial charge is 0.246 e. The van der Waals surface area contributed by atoms with Gasteiger partial charge in [-0.05, 0) is 63.6 Å². The molecule has 0 spiro atoms. The van der Waals surface area contributed by atoms with Gasteiger partial charge in [-0.2, -0.15) is 0 Å². The van der Waals surface area contributed by atoms with Crippen molar-refractivity contribution in [2.45, 2.75) is 33.7 Å². The molecule has 2 rings (SSSR count). The predicted molar refractivity (Wildman–Crippen MR) is 107 cm³/mol. The molecule has 0 radical (unpaired) electrons. The van der Waals surface area contributed by atoms with Crippen LogP contribution in [0, 0.1) is 13.8 Å². The van der Waals surface area contributed by atoms with Crippen LogP contribution in [0.4, 0.5) is 17.1 Å². The molecule has 2 aromatic rings. The summed E-state index contributed by atoms with van der Waals surface area (Å²) >= 11 is 0. The average Bonchev–Trinajstić information content (AvgIpc) is 2.58.